The maximum atomic E-state index is 12.9. The van der Waals surface area contributed by atoms with Crippen molar-refractivity contribution in [2.45, 2.75) is 44.6 Å². The number of nitro benzene ring substituents is 1. The summed E-state index contributed by atoms with van der Waals surface area (Å²) in [5, 5.41) is 14.1. The number of nitro groups is 1. The second kappa shape index (κ2) is 8.34. The van der Waals surface area contributed by atoms with Crippen molar-refractivity contribution in [2.24, 2.45) is 0 Å². The summed E-state index contributed by atoms with van der Waals surface area (Å²) in [5.74, 6) is -0.328. The minimum atomic E-state index is -0.557. The number of thiophene rings is 1. The van der Waals surface area contributed by atoms with Crippen LogP contribution in [-0.2, 0) is 11.3 Å². The highest BCUT2D eigenvalue weighted by molar-refractivity contribution is 8.00. The zero-order chi connectivity index (χ0) is 21.3. The number of benzene rings is 1. The van der Waals surface area contributed by atoms with E-state index in [-0.39, 0.29) is 17.2 Å². The number of non-ortho nitro benzene ring substituents is 1. The van der Waals surface area contributed by atoms with Gasteiger partial charge >= 0.3 is 0 Å². The first-order valence-corrected chi connectivity index (χ1v) is 10.6. The van der Waals surface area contributed by atoms with Gasteiger partial charge in [-0.2, -0.15) is 0 Å². The van der Waals surface area contributed by atoms with Gasteiger partial charge < -0.3 is 5.32 Å². The number of amides is 1. The molecule has 0 aliphatic heterocycles. The van der Waals surface area contributed by atoms with Crippen LogP contribution in [0.3, 0.4) is 0 Å². The van der Waals surface area contributed by atoms with Gasteiger partial charge in [-0.1, -0.05) is 17.8 Å². The summed E-state index contributed by atoms with van der Waals surface area (Å²) in [6.07, 6.45) is 0. The average Bonchev–Trinajstić information content (AvgIpc) is 2.96. The molecule has 0 aliphatic carbocycles. The van der Waals surface area contributed by atoms with Crippen molar-refractivity contribution < 1.29 is 9.72 Å². The quantitative estimate of drug-likeness (QED) is 0.272. The van der Waals surface area contributed by atoms with Crippen molar-refractivity contribution in [2.75, 3.05) is 5.32 Å². The number of thioether (sulfide) groups is 1. The van der Waals surface area contributed by atoms with Crippen molar-refractivity contribution in [3.8, 4) is 0 Å². The smallest absolute Gasteiger partial charge is 0.271 e. The topological polar surface area (TPSA) is 107 Å². The van der Waals surface area contributed by atoms with Crippen LogP contribution in [0.25, 0.3) is 10.2 Å². The second-order valence-corrected chi connectivity index (χ2v) is 8.98. The SMILES string of the molecule is CCn1c(S[C@H](C)C(=O)Nc2cccc([N+](=O)[O-])c2)nc2sc(C)c(C)c2c1=O. The van der Waals surface area contributed by atoms with Gasteiger partial charge in [0.1, 0.15) is 4.83 Å². The van der Waals surface area contributed by atoms with E-state index in [0.717, 1.165) is 10.4 Å². The number of carbonyl (C=O) groups excluding carboxylic acids is 1. The van der Waals surface area contributed by atoms with Crippen LogP contribution in [0.1, 0.15) is 24.3 Å². The fourth-order valence-electron chi connectivity index (χ4n) is 2.83. The largest absolute Gasteiger partial charge is 0.325 e. The zero-order valence-corrected chi connectivity index (χ0v) is 18.0. The summed E-state index contributed by atoms with van der Waals surface area (Å²) in [6, 6.07) is 5.76. The summed E-state index contributed by atoms with van der Waals surface area (Å²) in [4.78, 5) is 42.2. The molecule has 0 radical (unpaired) electrons. The van der Waals surface area contributed by atoms with Crippen LogP contribution < -0.4 is 10.9 Å². The fourth-order valence-corrected chi connectivity index (χ4v) is 4.87. The number of aromatic nitrogens is 2. The number of rotatable bonds is 6. The first kappa shape index (κ1) is 21.0. The maximum absolute atomic E-state index is 12.9. The predicted molar refractivity (Wildman–Crippen MR) is 116 cm³/mol. The Morgan fingerprint density at radius 2 is 2.14 bits per heavy atom. The molecule has 8 nitrogen and oxygen atoms in total. The maximum Gasteiger partial charge on any atom is 0.271 e. The molecule has 152 valence electrons. The van der Waals surface area contributed by atoms with Crippen molar-refractivity contribution in [3.05, 3.63) is 55.2 Å². The molecule has 0 unspecified atom stereocenters. The molecule has 1 aromatic carbocycles. The third-order valence-corrected chi connectivity index (χ3v) is 6.74. The third-order valence-electron chi connectivity index (χ3n) is 4.55. The highest BCUT2D eigenvalue weighted by Gasteiger charge is 2.21. The monoisotopic (exact) mass is 432 g/mol. The van der Waals surface area contributed by atoms with E-state index in [4.69, 9.17) is 0 Å². The van der Waals surface area contributed by atoms with Crippen molar-refractivity contribution in [1.82, 2.24) is 9.55 Å². The molecule has 1 amide bonds. The Morgan fingerprint density at radius 1 is 1.41 bits per heavy atom. The van der Waals surface area contributed by atoms with Gasteiger partial charge in [0.2, 0.25) is 5.91 Å². The van der Waals surface area contributed by atoms with Crippen LogP contribution in [0.4, 0.5) is 11.4 Å². The molecule has 0 bridgehead atoms. The number of nitrogens with one attached hydrogen (secondary N) is 1. The molecule has 0 spiro atoms. The molecule has 3 aromatic rings. The molecule has 3 rings (SSSR count). The van der Waals surface area contributed by atoms with Gasteiger partial charge in [-0.3, -0.25) is 24.3 Å². The van der Waals surface area contributed by atoms with Crippen molar-refractivity contribution in [3.63, 3.8) is 0 Å². The van der Waals surface area contributed by atoms with Crippen molar-refractivity contribution >= 4 is 50.6 Å². The standard InChI is InChI=1S/C19H20N4O4S2/c1-5-22-18(25)15-10(2)11(3)28-17(15)21-19(22)29-12(4)16(24)20-13-7-6-8-14(9-13)23(26)27/h6-9,12H,5H2,1-4H3,(H,20,24)/t12-/m1/s1. The Labute approximate surface area is 175 Å². The van der Waals surface area contributed by atoms with Crippen LogP contribution in [0.15, 0.2) is 34.2 Å². The van der Waals surface area contributed by atoms with Crippen molar-refractivity contribution in [1.29, 1.82) is 0 Å². The van der Waals surface area contributed by atoms with Gasteiger partial charge in [0, 0.05) is 29.2 Å². The molecule has 2 aromatic heterocycles. The first-order valence-electron chi connectivity index (χ1n) is 8.95. The van der Waals surface area contributed by atoms with Crippen LogP contribution >= 0.6 is 23.1 Å². The Morgan fingerprint density at radius 3 is 2.79 bits per heavy atom. The van der Waals surface area contributed by atoms with E-state index < -0.39 is 10.2 Å². The van der Waals surface area contributed by atoms with Crippen LogP contribution in [0.2, 0.25) is 0 Å². The van der Waals surface area contributed by atoms with E-state index in [0.29, 0.717) is 27.6 Å². The molecule has 0 fully saturated rings. The summed E-state index contributed by atoms with van der Waals surface area (Å²) < 4.78 is 1.57. The minimum absolute atomic E-state index is 0.0986. The predicted octanol–water partition coefficient (Wildman–Crippen LogP) is 4.12. The number of anilines is 1. The fraction of sp³-hybridized carbons (Fsp3) is 0.316. The van der Waals surface area contributed by atoms with Gasteiger partial charge in [-0.15, -0.1) is 11.3 Å². The van der Waals surface area contributed by atoms with Crippen LogP contribution in [-0.4, -0.2) is 25.6 Å². The molecule has 1 N–H and O–H groups in total. The molecule has 1 atom stereocenters. The summed E-state index contributed by atoms with van der Waals surface area (Å²) in [6.45, 7) is 7.89. The second-order valence-electron chi connectivity index (χ2n) is 6.46. The van der Waals surface area contributed by atoms with E-state index in [2.05, 4.69) is 10.3 Å². The molecular formula is C19H20N4O4S2. The molecular weight excluding hydrogens is 412 g/mol. The van der Waals surface area contributed by atoms with E-state index in [1.165, 1.54) is 41.3 Å². The third kappa shape index (κ3) is 4.18. The van der Waals surface area contributed by atoms with Crippen LogP contribution in [0.5, 0.6) is 0 Å². The summed E-state index contributed by atoms with van der Waals surface area (Å²) in [7, 11) is 0. The van der Waals surface area contributed by atoms with E-state index in [9.17, 15) is 19.7 Å². The molecule has 2 heterocycles. The molecule has 0 aliphatic rings. The first-order chi connectivity index (χ1) is 13.7. The zero-order valence-electron chi connectivity index (χ0n) is 16.4. The van der Waals surface area contributed by atoms with Crippen LogP contribution in [0, 0.1) is 24.0 Å². The Balaban J connectivity index is 1.86. The average molecular weight is 433 g/mol. The van der Waals surface area contributed by atoms with Gasteiger partial charge in [-0.05, 0) is 39.3 Å². The van der Waals surface area contributed by atoms with Gasteiger partial charge in [0.15, 0.2) is 5.16 Å². The highest BCUT2D eigenvalue weighted by atomic mass is 32.2. The van der Waals surface area contributed by atoms with E-state index in [1.54, 1.807) is 17.6 Å². The number of carbonyl (C=O) groups is 1. The van der Waals surface area contributed by atoms with E-state index in [1.807, 2.05) is 20.8 Å². The summed E-state index contributed by atoms with van der Waals surface area (Å²) >= 11 is 2.66. The number of hydrogen-bond acceptors (Lipinski definition) is 7. The lowest BCUT2D eigenvalue weighted by molar-refractivity contribution is -0.384. The normalized spacial score (nSPS) is 12.1. The molecule has 0 saturated heterocycles. The highest BCUT2D eigenvalue weighted by Crippen LogP contribution is 2.30. The molecule has 29 heavy (non-hydrogen) atoms. The molecule has 0 saturated carbocycles. The Bertz CT molecular complexity index is 1170. The number of fused-ring (bicyclic) bond motifs is 1. The molecule has 10 heteroatoms. The van der Waals surface area contributed by atoms with E-state index >= 15 is 0 Å². The number of aryl methyl sites for hydroxylation is 2. The summed E-state index contributed by atoms with van der Waals surface area (Å²) in [5.41, 5.74) is 1.08. The Kier molecular flexibility index (Phi) is 6.04. The number of nitrogens with zero attached hydrogens (tertiary/aromatic N) is 3. The lowest BCUT2D eigenvalue weighted by atomic mass is 10.2. The Hall–Kier alpha value is -2.72. The lowest BCUT2D eigenvalue weighted by Crippen LogP contribution is -2.26. The van der Waals surface area contributed by atoms with Gasteiger partial charge in [-0.25, -0.2) is 4.98 Å². The lowest BCUT2D eigenvalue weighted by Gasteiger charge is -2.14. The number of hydrogen-bond donors (Lipinski definition) is 1. The minimum Gasteiger partial charge on any atom is -0.325 e. The van der Waals surface area contributed by atoms with Gasteiger partial charge in [0.25, 0.3) is 11.2 Å². The van der Waals surface area contributed by atoms with Gasteiger partial charge in [0.05, 0.1) is 15.6 Å².